The summed E-state index contributed by atoms with van der Waals surface area (Å²) in [6.07, 6.45) is 2.94. The van der Waals surface area contributed by atoms with Crippen molar-refractivity contribution in [2.75, 3.05) is 27.2 Å². The molecule has 8 nitrogen and oxygen atoms in total. The van der Waals surface area contributed by atoms with E-state index in [4.69, 9.17) is 0 Å². The fourth-order valence-corrected chi connectivity index (χ4v) is 4.19. The van der Waals surface area contributed by atoms with Crippen molar-refractivity contribution < 1.29 is 9.59 Å². The van der Waals surface area contributed by atoms with Gasteiger partial charge in [0, 0.05) is 38.8 Å². The Kier molecular flexibility index (Phi) is 3.57. The lowest BCUT2D eigenvalue weighted by Crippen LogP contribution is -2.50. The van der Waals surface area contributed by atoms with Crippen LogP contribution in [0.5, 0.6) is 0 Å². The summed E-state index contributed by atoms with van der Waals surface area (Å²) in [5.41, 5.74) is 0.616. The van der Waals surface area contributed by atoms with Crippen LogP contribution in [0.15, 0.2) is 16.6 Å². The van der Waals surface area contributed by atoms with Crippen LogP contribution in [0.25, 0.3) is 4.96 Å². The van der Waals surface area contributed by atoms with E-state index in [1.165, 1.54) is 11.3 Å². The Morgan fingerprint density at radius 3 is 2.72 bits per heavy atom. The Bertz CT molecular complexity index is 888. The third-order valence-corrected chi connectivity index (χ3v) is 5.66. The minimum Gasteiger partial charge on any atom is -0.349 e. The summed E-state index contributed by atoms with van der Waals surface area (Å²) in [5.74, 6) is 0.494. The number of carbonyl (C=O) groups excluding carboxylic acids is 2. The zero-order valence-corrected chi connectivity index (χ0v) is 15.3. The van der Waals surface area contributed by atoms with Gasteiger partial charge in [0.1, 0.15) is 11.2 Å². The first-order valence-electron chi connectivity index (χ1n) is 8.21. The number of imidazole rings is 1. The average molecular weight is 360 g/mol. The van der Waals surface area contributed by atoms with Crippen LogP contribution in [0.2, 0.25) is 0 Å². The van der Waals surface area contributed by atoms with Crippen molar-refractivity contribution in [1.82, 2.24) is 24.5 Å². The number of guanidine groups is 1. The molecule has 0 aromatic carbocycles. The van der Waals surface area contributed by atoms with Crippen molar-refractivity contribution in [2.24, 2.45) is 4.99 Å². The Morgan fingerprint density at radius 2 is 2.08 bits per heavy atom. The molecule has 1 spiro atoms. The molecule has 132 valence electrons. The van der Waals surface area contributed by atoms with Crippen LogP contribution in [0.1, 0.15) is 29.0 Å². The quantitative estimate of drug-likeness (QED) is 0.813. The fraction of sp³-hybridized carbons (Fsp3) is 0.500. The summed E-state index contributed by atoms with van der Waals surface area (Å²) in [6, 6.07) is 0. The lowest BCUT2D eigenvalue weighted by molar-refractivity contribution is -0.125. The van der Waals surface area contributed by atoms with Gasteiger partial charge >= 0.3 is 0 Å². The normalized spacial score (nSPS) is 19.4. The van der Waals surface area contributed by atoms with Crippen LogP contribution in [-0.4, -0.2) is 69.7 Å². The SMILES string of the molecule is Cc1nc2sccn2c1C(=O)N1CCC2(CC1)N=C(N(C)C)NC2=O. The Hall–Kier alpha value is -2.42. The maximum Gasteiger partial charge on any atom is 0.272 e. The molecule has 2 amide bonds. The first kappa shape index (κ1) is 16.1. The molecule has 0 unspecified atom stereocenters. The fourth-order valence-electron chi connectivity index (χ4n) is 3.43. The minimum atomic E-state index is -0.736. The van der Waals surface area contributed by atoms with Gasteiger partial charge in [-0.25, -0.2) is 9.98 Å². The maximum atomic E-state index is 13.0. The van der Waals surface area contributed by atoms with E-state index in [9.17, 15) is 9.59 Å². The summed E-state index contributed by atoms with van der Waals surface area (Å²) in [6.45, 7) is 2.87. The largest absolute Gasteiger partial charge is 0.349 e. The molecule has 9 heteroatoms. The number of carbonyl (C=O) groups is 2. The number of nitrogens with zero attached hydrogens (tertiary/aromatic N) is 5. The number of aromatic nitrogens is 2. The van der Waals surface area contributed by atoms with E-state index >= 15 is 0 Å². The molecule has 2 aliphatic heterocycles. The van der Waals surface area contributed by atoms with Gasteiger partial charge in [-0.05, 0) is 19.8 Å². The standard InChI is InChI=1S/C16H20N6O2S/c1-10-11(22-8-9-25-15(22)17-10)12(23)21-6-4-16(5-7-21)13(24)18-14(19-16)20(2)3/h8-9H,4-7H2,1-3H3,(H,18,19,24). The second-order valence-corrected chi connectivity index (χ2v) is 7.58. The van der Waals surface area contributed by atoms with Crippen molar-refractivity contribution in [1.29, 1.82) is 0 Å². The van der Waals surface area contributed by atoms with Crippen LogP contribution in [0.4, 0.5) is 0 Å². The van der Waals surface area contributed by atoms with Crippen LogP contribution in [0, 0.1) is 6.92 Å². The highest BCUT2D eigenvalue weighted by Crippen LogP contribution is 2.31. The number of thiazole rings is 1. The number of piperidine rings is 1. The Balaban J connectivity index is 1.54. The first-order chi connectivity index (χ1) is 11.9. The van der Waals surface area contributed by atoms with Gasteiger partial charge in [-0.2, -0.15) is 0 Å². The number of hydrogen-bond donors (Lipinski definition) is 1. The Morgan fingerprint density at radius 1 is 1.36 bits per heavy atom. The predicted octanol–water partition coefficient (Wildman–Crippen LogP) is 0.726. The molecular weight excluding hydrogens is 340 g/mol. The molecule has 4 heterocycles. The number of rotatable bonds is 1. The van der Waals surface area contributed by atoms with E-state index in [1.807, 2.05) is 37.0 Å². The molecule has 2 aromatic rings. The Labute approximate surface area is 149 Å². The number of aryl methyl sites for hydroxylation is 1. The minimum absolute atomic E-state index is 0.0338. The van der Waals surface area contributed by atoms with Crippen molar-refractivity contribution in [3.05, 3.63) is 23.0 Å². The lowest BCUT2D eigenvalue weighted by atomic mass is 9.88. The lowest BCUT2D eigenvalue weighted by Gasteiger charge is -2.35. The van der Waals surface area contributed by atoms with Crippen LogP contribution >= 0.6 is 11.3 Å². The van der Waals surface area contributed by atoms with Gasteiger partial charge in [0.25, 0.3) is 11.8 Å². The van der Waals surface area contributed by atoms with Crippen LogP contribution in [-0.2, 0) is 4.79 Å². The number of fused-ring (bicyclic) bond motifs is 1. The van der Waals surface area contributed by atoms with Gasteiger partial charge in [0.2, 0.25) is 5.96 Å². The molecule has 0 bridgehead atoms. The molecule has 0 saturated carbocycles. The second-order valence-electron chi connectivity index (χ2n) is 6.71. The van der Waals surface area contributed by atoms with E-state index < -0.39 is 5.54 Å². The molecule has 1 saturated heterocycles. The van der Waals surface area contributed by atoms with Crippen LogP contribution < -0.4 is 5.32 Å². The number of nitrogens with one attached hydrogen (secondary N) is 1. The molecular formula is C16H20N6O2S. The molecule has 4 rings (SSSR count). The van der Waals surface area contributed by atoms with E-state index in [-0.39, 0.29) is 11.8 Å². The molecule has 0 atom stereocenters. The molecule has 1 fully saturated rings. The van der Waals surface area contributed by atoms with Crippen molar-refractivity contribution >= 4 is 34.1 Å². The smallest absolute Gasteiger partial charge is 0.272 e. The highest BCUT2D eigenvalue weighted by atomic mass is 32.1. The highest BCUT2D eigenvalue weighted by Gasteiger charge is 2.47. The van der Waals surface area contributed by atoms with E-state index in [0.29, 0.717) is 37.6 Å². The van der Waals surface area contributed by atoms with Crippen molar-refractivity contribution in [3.63, 3.8) is 0 Å². The number of amides is 2. The molecule has 25 heavy (non-hydrogen) atoms. The van der Waals surface area contributed by atoms with Gasteiger partial charge < -0.3 is 9.80 Å². The summed E-state index contributed by atoms with van der Waals surface area (Å²) in [5, 5.41) is 4.76. The van der Waals surface area contributed by atoms with E-state index in [2.05, 4.69) is 15.3 Å². The highest BCUT2D eigenvalue weighted by molar-refractivity contribution is 7.15. The van der Waals surface area contributed by atoms with Gasteiger partial charge in [0.15, 0.2) is 4.96 Å². The van der Waals surface area contributed by atoms with Gasteiger partial charge in [-0.1, -0.05) is 0 Å². The second kappa shape index (κ2) is 5.55. The number of likely N-dealkylation sites (tertiary alicyclic amines) is 1. The maximum absolute atomic E-state index is 13.0. The third-order valence-electron chi connectivity index (χ3n) is 4.91. The summed E-state index contributed by atoms with van der Waals surface area (Å²) in [4.78, 5) is 38.8. The van der Waals surface area contributed by atoms with Gasteiger partial charge in [-0.3, -0.25) is 19.3 Å². The third kappa shape index (κ3) is 2.41. The summed E-state index contributed by atoms with van der Waals surface area (Å²) < 4.78 is 1.84. The predicted molar refractivity (Wildman–Crippen MR) is 94.9 cm³/mol. The van der Waals surface area contributed by atoms with Gasteiger partial charge in [0.05, 0.1) is 5.69 Å². The van der Waals surface area contributed by atoms with Crippen molar-refractivity contribution in [3.8, 4) is 0 Å². The monoisotopic (exact) mass is 360 g/mol. The summed E-state index contributed by atoms with van der Waals surface area (Å²) >= 11 is 1.51. The van der Waals surface area contributed by atoms with Crippen molar-refractivity contribution in [2.45, 2.75) is 25.3 Å². The van der Waals surface area contributed by atoms with Gasteiger partial charge in [-0.15, -0.1) is 11.3 Å². The zero-order chi connectivity index (χ0) is 17.8. The molecule has 0 radical (unpaired) electrons. The van der Waals surface area contributed by atoms with E-state index in [0.717, 1.165) is 10.7 Å². The zero-order valence-electron chi connectivity index (χ0n) is 14.4. The molecule has 2 aliphatic rings. The molecule has 2 aromatic heterocycles. The number of aliphatic imine (C=N–C) groups is 1. The average Bonchev–Trinajstić information content (AvgIpc) is 3.22. The molecule has 1 N–H and O–H groups in total. The van der Waals surface area contributed by atoms with Crippen LogP contribution in [0.3, 0.4) is 0 Å². The molecule has 0 aliphatic carbocycles. The number of hydrogen-bond acceptors (Lipinski definition) is 6. The van der Waals surface area contributed by atoms with E-state index in [1.54, 1.807) is 9.80 Å². The summed E-state index contributed by atoms with van der Waals surface area (Å²) in [7, 11) is 3.70. The topological polar surface area (TPSA) is 82.3 Å². The first-order valence-corrected chi connectivity index (χ1v) is 9.09.